The van der Waals surface area contributed by atoms with Gasteiger partial charge in [0.15, 0.2) is 9.84 Å². The lowest BCUT2D eigenvalue weighted by molar-refractivity contribution is -0.139. The van der Waals surface area contributed by atoms with Crippen molar-refractivity contribution in [1.82, 2.24) is 15.5 Å². The number of carbonyl (C=O) groups is 2. The zero-order valence-corrected chi connectivity index (χ0v) is 19.1. The van der Waals surface area contributed by atoms with E-state index in [1.807, 2.05) is 0 Å². The molecule has 3 rings (SSSR count). The molecule has 1 fully saturated rings. The average Bonchev–Trinajstić information content (AvgIpc) is 3.29. The van der Waals surface area contributed by atoms with E-state index in [0.717, 1.165) is 13.1 Å². The monoisotopic (exact) mass is 485 g/mol. The Morgan fingerprint density at radius 2 is 1.77 bits per heavy atom. The third-order valence-corrected chi connectivity index (χ3v) is 8.33. The van der Waals surface area contributed by atoms with Crippen molar-refractivity contribution in [3.8, 4) is 0 Å². The molecular weight excluding hydrogens is 462 g/mol. The Balaban J connectivity index is 1.59. The van der Waals surface area contributed by atoms with Crippen LogP contribution in [0.4, 0.5) is 0 Å². The predicted octanol–water partition coefficient (Wildman–Crippen LogP) is 1.48. The number of thiophene rings is 1. The molecule has 0 spiro atoms. The molecule has 11 heteroatoms. The Labute approximate surface area is 190 Å². The number of rotatable bonds is 8. The fourth-order valence-corrected chi connectivity index (χ4v) is 6.03. The molecule has 1 aromatic heterocycles. The van der Waals surface area contributed by atoms with Crippen LogP contribution in [0.15, 0.2) is 46.7 Å². The molecule has 1 saturated heterocycles. The smallest absolute Gasteiger partial charge is 0.309 e. The van der Waals surface area contributed by atoms with Gasteiger partial charge in [0.2, 0.25) is 0 Å². The zero-order valence-electron chi connectivity index (χ0n) is 16.8. The van der Waals surface area contributed by atoms with Gasteiger partial charge in [-0.2, -0.15) is 0 Å². The van der Waals surface area contributed by atoms with Crippen molar-refractivity contribution >= 4 is 44.6 Å². The molecule has 1 aromatic carbocycles. The molecule has 2 N–H and O–H groups in total. The highest BCUT2D eigenvalue weighted by Gasteiger charge is 2.31. The van der Waals surface area contributed by atoms with Crippen molar-refractivity contribution < 1.29 is 22.7 Å². The minimum Gasteiger partial charge on any atom is -0.379 e. The van der Waals surface area contributed by atoms with E-state index in [4.69, 9.17) is 16.3 Å². The van der Waals surface area contributed by atoms with E-state index in [2.05, 4.69) is 15.5 Å². The summed E-state index contributed by atoms with van der Waals surface area (Å²) in [6.45, 7) is 3.59. The van der Waals surface area contributed by atoms with Crippen LogP contribution in [0, 0.1) is 0 Å². The van der Waals surface area contributed by atoms with E-state index >= 15 is 0 Å². The summed E-state index contributed by atoms with van der Waals surface area (Å²) in [4.78, 5) is 27.2. The molecule has 0 radical (unpaired) electrons. The van der Waals surface area contributed by atoms with Crippen LogP contribution in [-0.4, -0.2) is 71.1 Å². The average molecular weight is 486 g/mol. The quantitative estimate of drug-likeness (QED) is 0.549. The van der Waals surface area contributed by atoms with Crippen molar-refractivity contribution in [3.63, 3.8) is 0 Å². The summed E-state index contributed by atoms with van der Waals surface area (Å²) in [6.07, 6.45) is 0. The van der Waals surface area contributed by atoms with Gasteiger partial charge in [-0.05, 0) is 35.7 Å². The van der Waals surface area contributed by atoms with Gasteiger partial charge in [-0.1, -0.05) is 17.7 Å². The van der Waals surface area contributed by atoms with Crippen LogP contribution in [-0.2, 0) is 24.2 Å². The number of hydrogen-bond acceptors (Lipinski definition) is 7. The highest BCUT2D eigenvalue weighted by molar-refractivity contribution is 7.91. The predicted molar refractivity (Wildman–Crippen MR) is 119 cm³/mol. The fraction of sp³-hybridized carbons (Fsp3) is 0.400. The Morgan fingerprint density at radius 3 is 2.42 bits per heavy atom. The topological polar surface area (TPSA) is 105 Å². The number of amides is 2. The Kier molecular flexibility index (Phi) is 8.44. The first-order chi connectivity index (χ1) is 14.9. The maximum Gasteiger partial charge on any atom is 0.309 e. The second-order valence-corrected chi connectivity index (χ2v) is 10.5. The number of nitrogens with zero attached hydrogens (tertiary/aromatic N) is 1. The van der Waals surface area contributed by atoms with Crippen LogP contribution in [0.5, 0.6) is 0 Å². The van der Waals surface area contributed by atoms with E-state index in [1.54, 1.807) is 17.5 Å². The fourth-order valence-electron chi connectivity index (χ4n) is 3.12. The highest BCUT2D eigenvalue weighted by atomic mass is 35.5. The van der Waals surface area contributed by atoms with Gasteiger partial charge in [0.1, 0.15) is 5.25 Å². The van der Waals surface area contributed by atoms with Crippen molar-refractivity contribution in [2.24, 2.45) is 0 Å². The lowest BCUT2D eigenvalue weighted by Crippen LogP contribution is -2.46. The Hall–Kier alpha value is -1.98. The number of carbonyl (C=O) groups excluding carboxylic acids is 2. The van der Waals surface area contributed by atoms with Crippen molar-refractivity contribution in [2.75, 3.05) is 45.9 Å². The number of hydrogen-bond donors (Lipinski definition) is 2. The van der Waals surface area contributed by atoms with Crippen molar-refractivity contribution in [3.05, 3.63) is 51.7 Å². The van der Waals surface area contributed by atoms with Gasteiger partial charge in [-0.25, -0.2) is 8.42 Å². The standard InChI is InChI=1S/C20H24ClN3O5S2/c21-15-3-5-16(6-4-15)31(27,28)18(17-2-1-13-30-17)14-23-20(26)19(25)22-7-8-24-9-11-29-12-10-24/h1-6,13,18H,7-12,14H2,(H,22,25)(H,23,26). The molecule has 168 valence electrons. The van der Waals surface area contributed by atoms with Gasteiger partial charge in [0.05, 0.1) is 18.1 Å². The number of nitrogens with one attached hydrogen (secondary N) is 2. The number of halogens is 1. The Morgan fingerprint density at radius 1 is 1.10 bits per heavy atom. The number of morpholine rings is 1. The van der Waals surface area contributed by atoms with Gasteiger partial charge >= 0.3 is 11.8 Å². The minimum atomic E-state index is -3.81. The summed E-state index contributed by atoms with van der Waals surface area (Å²) in [5.74, 6) is -1.66. The van der Waals surface area contributed by atoms with Crippen LogP contribution in [0.2, 0.25) is 5.02 Å². The summed E-state index contributed by atoms with van der Waals surface area (Å²) < 4.78 is 31.6. The van der Waals surface area contributed by atoms with Gasteiger partial charge in [0.25, 0.3) is 0 Å². The van der Waals surface area contributed by atoms with Crippen LogP contribution < -0.4 is 10.6 Å². The van der Waals surface area contributed by atoms with E-state index in [-0.39, 0.29) is 11.4 Å². The zero-order chi connectivity index (χ0) is 22.3. The molecule has 2 heterocycles. The Bertz CT molecular complexity index is 975. The summed E-state index contributed by atoms with van der Waals surface area (Å²) in [6, 6.07) is 9.29. The molecule has 1 atom stereocenters. The summed E-state index contributed by atoms with van der Waals surface area (Å²) in [7, 11) is -3.81. The van der Waals surface area contributed by atoms with E-state index in [9.17, 15) is 18.0 Å². The first kappa shape index (κ1) is 23.7. The molecule has 0 saturated carbocycles. The molecule has 1 aliphatic rings. The van der Waals surface area contributed by atoms with Gasteiger partial charge < -0.3 is 15.4 Å². The molecule has 1 unspecified atom stereocenters. The van der Waals surface area contributed by atoms with Crippen LogP contribution >= 0.6 is 22.9 Å². The minimum absolute atomic E-state index is 0.0968. The van der Waals surface area contributed by atoms with Gasteiger partial charge in [-0.15, -0.1) is 11.3 Å². The summed E-state index contributed by atoms with van der Waals surface area (Å²) in [5.41, 5.74) is 0. The molecule has 8 nitrogen and oxygen atoms in total. The molecular formula is C20H24ClN3O5S2. The van der Waals surface area contributed by atoms with Crippen LogP contribution in [0.25, 0.3) is 0 Å². The van der Waals surface area contributed by atoms with E-state index < -0.39 is 26.9 Å². The number of benzene rings is 1. The lowest BCUT2D eigenvalue weighted by Gasteiger charge is -2.26. The maximum absolute atomic E-state index is 13.2. The highest BCUT2D eigenvalue weighted by Crippen LogP contribution is 2.31. The molecule has 0 bridgehead atoms. The van der Waals surface area contributed by atoms with Gasteiger partial charge in [0, 0.05) is 42.6 Å². The largest absolute Gasteiger partial charge is 0.379 e. The second kappa shape index (κ2) is 11.1. The molecule has 0 aliphatic carbocycles. The third kappa shape index (κ3) is 6.50. The van der Waals surface area contributed by atoms with Crippen LogP contribution in [0.3, 0.4) is 0 Å². The van der Waals surface area contributed by atoms with Crippen molar-refractivity contribution in [2.45, 2.75) is 10.1 Å². The van der Waals surface area contributed by atoms with Crippen molar-refractivity contribution in [1.29, 1.82) is 0 Å². The first-order valence-electron chi connectivity index (χ1n) is 9.77. The van der Waals surface area contributed by atoms with Gasteiger partial charge in [-0.3, -0.25) is 14.5 Å². The lowest BCUT2D eigenvalue weighted by atomic mass is 10.3. The molecule has 2 aromatic rings. The molecule has 31 heavy (non-hydrogen) atoms. The summed E-state index contributed by atoms with van der Waals surface area (Å²) in [5, 5.41) is 6.21. The van der Waals surface area contributed by atoms with Crippen LogP contribution in [0.1, 0.15) is 10.1 Å². The van der Waals surface area contributed by atoms with E-state index in [0.29, 0.717) is 36.2 Å². The molecule has 2 amide bonds. The number of sulfone groups is 1. The second-order valence-electron chi connectivity index (χ2n) is 6.92. The SMILES string of the molecule is O=C(NCCN1CCOCC1)C(=O)NCC(c1cccs1)S(=O)(=O)c1ccc(Cl)cc1. The first-order valence-corrected chi connectivity index (χ1v) is 12.6. The van der Waals surface area contributed by atoms with E-state index in [1.165, 1.54) is 35.6 Å². The normalized spacial score (nSPS) is 15.9. The third-order valence-electron chi connectivity index (χ3n) is 4.85. The molecule has 1 aliphatic heterocycles. The summed E-state index contributed by atoms with van der Waals surface area (Å²) >= 11 is 7.14. The maximum atomic E-state index is 13.2. The number of ether oxygens (including phenoxy) is 1.